The minimum absolute atomic E-state index is 0.0402. The van der Waals surface area contributed by atoms with Crippen molar-refractivity contribution in [3.8, 4) is 0 Å². The average Bonchev–Trinajstić information content (AvgIpc) is 2.69. The number of carbonyl (C=O) groups excluding carboxylic acids is 3. The van der Waals surface area contributed by atoms with Gasteiger partial charge in [-0.3, -0.25) is 9.69 Å². The lowest BCUT2D eigenvalue weighted by atomic mass is 9.77. The van der Waals surface area contributed by atoms with E-state index < -0.39 is 35.3 Å². The molecule has 30 heavy (non-hydrogen) atoms. The largest absolute Gasteiger partial charge is 0.445 e. The van der Waals surface area contributed by atoms with E-state index in [-0.39, 0.29) is 32.5 Å². The van der Waals surface area contributed by atoms with E-state index in [0.717, 1.165) is 10.5 Å². The molecule has 3 rings (SSSR count). The zero-order valence-corrected chi connectivity index (χ0v) is 17.8. The van der Waals surface area contributed by atoms with Crippen molar-refractivity contribution in [1.29, 1.82) is 0 Å². The molecule has 0 aromatic heterocycles. The Labute approximate surface area is 176 Å². The monoisotopic (exact) mass is 418 g/mol. The number of carbonyl (C=O) groups is 3. The van der Waals surface area contributed by atoms with Gasteiger partial charge in [0.05, 0.1) is 6.10 Å². The minimum Gasteiger partial charge on any atom is -0.445 e. The highest BCUT2D eigenvalue weighted by Gasteiger charge is 2.55. The molecule has 1 N–H and O–H groups in total. The van der Waals surface area contributed by atoms with Crippen molar-refractivity contribution in [3.63, 3.8) is 0 Å². The van der Waals surface area contributed by atoms with E-state index >= 15 is 0 Å². The fourth-order valence-corrected chi connectivity index (χ4v) is 4.00. The van der Waals surface area contributed by atoms with Gasteiger partial charge in [0.25, 0.3) is 5.91 Å². The lowest BCUT2D eigenvalue weighted by Gasteiger charge is -2.50. The smallest absolute Gasteiger partial charge is 0.417 e. The van der Waals surface area contributed by atoms with E-state index in [1.165, 1.54) is 4.90 Å². The quantitative estimate of drug-likeness (QED) is 0.793. The Hall–Kier alpha value is -2.61. The second-order valence-corrected chi connectivity index (χ2v) is 8.89. The summed E-state index contributed by atoms with van der Waals surface area (Å²) in [5, 5.41) is 9.96. The van der Waals surface area contributed by atoms with E-state index in [4.69, 9.17) is 9.47 Å². The van der Waals surface area contributed by atoms with Crippen molar-refractivity contribution >= 4 is 18.1 Å². The molecule has 1 saturated heterocycles. The molecule has 2 fully saturated rings. The molecule has 1 aliphatic carbocycles. The van der Waals surface area contributed by atoms with E-state index in [1.54, 1.807) is 20.8 Å². The van der Waals surface area contributed by atoms with Crippen LogP contribution >= 0.6 is 0 Å². The van der Waals surface area contributed by atoms with Crippen molar-refractivity contribution in [1.82, 2.24) is 9.80 Å². The first-order chi connectivity index (χ1) is 14.1. The first kappa shape index (κ1) is 22.1. The fraction of sp³-hybridized carbons (Fsp3) is 0.591. The normalized spacial score (nSPS) is 24.7. The van der Waals surface area contributed by atoms with Crippen molar-refractivity contribution < 1.29 is 29.0 Å². The molecule has 1 heterocycles. The zero-order chi connectivity index (χ0) is 21.9. The molecule has 1 spiro atoms. The maximum atomic E-state index is 13.4. The van der Waals surface area contributed by atoms with Crippen LogP contribution in [0, 0.1) is 0 Å². The van der Waals surface area contributed by atoms with Crippen LogP contribution in [-0.4, -0.2) is 63.3 Å². The molecule has 1 aliphatic heterocycles. The van der Waals surface area contributed by atoms with Crippen molar-refractivity contribution in [2.45, 2.75) is 70.3 Å². The summed E-state index contributed by atoms with van der Waals surface area (Å²) in [6, 6.07) is 9.30. The third-order valence-corrected chi connectivity index (χ3v) is 5.53. The Morgan fingerprint density at radius 3 is 2.33 bits per heavy atom. The first-order valence-electron chi connectivity index (χ1n) is 10.3. The first-order valence-corrected chi connectivity index (χ1v) is 10.3. The molecule has 1 aromatic rings. The molecule has 8 heteroatoms. The number of aliphatic hydroxyl groups excluding tert-OH is 1. The van der Waals surface area contributed by atoms with E-state index in [0.29, 0.717) is 12.8 Å². The summed E-state index contributed by atoms with van der Waals surface area (Å²) in [6.45, 7) is 5.50. The average molecular weight is 418 g/mol. The Bertz CT molecular complexity index is 781. The van der Waals surface area contributed by atoms with Crippen LogP contribution in [0.1, 0.15) is 52.0 Å². The van der Waals surface area contributed by atoms with Crippen LogP contribution in [0.2, 0.25) is 0 Å². The molecule has 8 nitrogen and oxygen atoms in total. The molecule has 0 atom stereocenters. The Kier molecular flexibility index (Phi) is 6.36. The van der Waals surface area contributed by atoms with Crippen molar-refractivity contribution in [3.05, 3.63) is 35.9 Å². The van der Waals surface area contributed by atoms with Gasteiger partial charge in [-0.15, -0.1) is 0 Å². The summed E-state index contributed by atoms with van der Waals surface area (Å²) in [6.07, 6.45) is -0.545. The molecule has 164 valence electrons. The van der Waals surface area contributed by atoms with Gasteiger partial charge in [0.1, 0.15) is 17.7 Å². The van der Waals surface area contributed by atoms with Crippen LogP contribution < -0.4 is 0 Å². The van der Waals surface area contributed by atoms with Gasteiger partial charge in [0.2, 0.25) is 0 Å². The van der Waals surface area contributed by atoms with Crippen LogP contribution in [0.25, 0.3) is 0 Å². The minimum atomic E-state index is -1.21. The van der Waals surface area contributed by atoms with Crippen molar-refractivity contribution in [2.24, 2.45) is 0 Å². The van der Waals surface area contributed by atoms with Crippen LogP contribution in [0.15, 0.2) is 30.3 Å². The van der Waals surface area contributed by atoms with E-state index in [9.17, 15) is 19.5 Å². The number of aliphatic hydroxyl groups is 1. The number of imide groups is 1. The molecular weight excluding hydrogens is 388 g/mol. The number of benzene rings is 1. The summed E-state index contributed by atoms with van der Waals surface area (Å²) in [4.78, 5) is 41.5. The highest BCUT2D eigenvalue weighted by Crippen LogP contribution is 2.38. The number of hydrogen-bond donors (Lipinski definition) is 1. The number of ether oxygens (including phenoxy) is 2. The molecular formula is C22H30N2O6. The van der Waals surface area contributed by atoms with Crippen LogP contribution in [0.3, 0.4) is 0 Å². The Balaban J connectivity index is 1.79. The maximum absolute atomic E-state index is 13.4. The number of piperazine rings is 1. The third kappa shape index (κ3) is 4.75. The predicted octanol–water partition coefficient (Wildman–Crippen LogP) is 3.08. The molecule has 1 saturated carbocycles. The molecule has 1 aromatic carbocycles. The topological polar surface area (TPSA) is 96.4 Å². The van der Waals surface area contributed by atoms with Gasteiger partial charge in [-0.2, -0.15) is 0 Å². The zero-order valence-electron chi connectivity index (χ0n) is 17.8. The van der Waals surface area contributed by atoms with Crippen LogP contribution in [-0.2, 0) is 20.9 Å². The van der Waals surface area contributed by atoms with Crippen molar-refractivity contribution in [2.75, 3.05) is 13.1 Å². The SMILES string of the molecule is CC(C)(C)OC(=O)N1CCN(C(=O)OCc2ccccc2)[C@]2(CC[C@@H](O)CC2)C1=O. The summed E-state index contributed by atoms with van der Waals surface area (Å²) in [5.41, 5.74) is -1.10. The molecule has 0 unspecified atom stereocenters. The number of hydrogen-bond acceptors (Lipinski definition) is 6. The maximum Gasteiger partial charge on any atom is 0.417 e. The second kappa shape index (κ2) is 8.63. The predicted molar refractivity (Wildman–Crippen MR) is 108 cm³/mol. The standard InChI is InChI=1S/C22H30N2O6/c1-21(2,3)30-19(27)23-13-14-24(20(28)29-15-16-7-5-4-6-8-16)22(18(23)26)11-9-17(25)10-12-22/h4-8,17,25H,9-15H2,1-3H3/t17-,22+. The Morgan fingerprint density at radius 1 is 1.10 bits per heavy atom. The summed E-state index contributed by atoms with van der Waals surface area (Å²) >= 11 is 0. The molecule has 0 radical (unpaired) electrons. The molecule has 3 amide bonds. The number of nitrogens with zero attached hydrogens (tertiary/aromatic N) is 2. The Morgan fingerprint density at radius 2 is 1.73 bits per heavy atom. The van der Waals surface area contributed by atoms with E-state index in [2.05, 4.69) is 0 Å². The van der Waals surface area contributed by atoms with Gasteiger partial charge in [0, 0.05) is 13.1 Å². The lowest BCUT2D eigenvalue weighted by molar-refractivity contribution is -0.152. The van der Waals surface area contributed by atoms with E-state index in [1.807, 2.05) is 30.3 Å². The van der Waals surface area contributed by atoms with Gasteiger partial charge in [-0.25, -0.2) is 14.5 Å². The highest BCUT2D eigenvalue weighted by molar-refractivity contribution is 6.00. The summed E-state index contributed by atoms with van der Waals surface area (Å²) < 4.78 is 10.9. The highest BCUT2D eigenvalue weighted by atomic mass is 16.6. The lowest BCUT2D eigenvalue weighted by Crippen LogP contribution is -2.69. The van der Waals surface area contributed by atoms with Crippen LogP contribution in [0.5, 0.6) is 0 Å². The molecule has 0 bridgehead atoms. The second-order valence-electron chi connectivity index (χ2n) is 8.89. The van der Waals surface area contributed by atoms with Gasteiger partial charge < -0.3 is 14.6 Å². The summed E-state index contributed by atoms with van der Waals surface area (Å²) in [5.74, 6) is -0.466. The van der Waals surface area contributed by atoms with Gasteiger partial charge >= 0.3 is 12.2 Å². The van der Waals surface area contributed by atoms with Gasteiger partial charge in [-0.05, 0) is 52.0 Å². The summed E-state index contributed by atoms with van der Waals surface area (Å²) in [7, 11) is 0. The third-order valence-electron chi connectivity index (χ3n) is 5.53. The fourth-order valence-electron chi connectivity index (χ4n) is 4.00. The number of amides is 3. The van der Waals surface area contributed by atoms with Crippen LogP contribution in [0.4, 0.5) is 9.59 Å². The van der Waals surface area contributed by atoms with Gasteiger partial charge in [-0.1, -0.05) is 30.3 Å². The van der Waals surface area contributed by atoms with Gasteiger partial charge in [0.15, 0.2) is 0 Å². The number of rotatable bonds is 2. The molecule has 2 aliphatic rings.